The highest BCUT2D eigenvalue weighted by molar-refractivity contribution is 7.10. The number of thiophene rings is 1. The van der Waals surface area contributed by atoms with E-state index in [1.54, 1.807) is 29.5 Å². The average Bonchev–Trinajstić information content (AvgIpc) is 3.58. The van der Waals surface area contributed by atoms with Gasteiger partial charge in [0.15, 0.2) is 0 Å². The van der Waals surface area contributed by atoms with Gasteiger partial charge in [0, 0.05) is 34.8 Å². The molecule has 0 unspecified atom stereocenters. The van der Waals surface area contributed by atoms with Gasteiger partial charge in [0.05, 0.1) is 11.6 Å². The number of hydrogen-bond acceptors (Lipinski definition) is 8. The van der Waals surface area contributed by atoms with E-state index in [0.29, 0.717) is 41.9 Å². The quantitative estimate of drug-likeness (QED) is 0.495. The Morgan fingerprint density at radius 2 is 1.97 bits per heavy atom. The summed E-state index contributed by atoms with van der Waals surface area (Å²) < 4.78 is 4.70. The Morgan fingerprint density at radius 1 is 1.13 bits per heavy atom. The molecule has 4 heterocycles. The highest BCUT2D eigenvalue weighted by Gasteiger charge is 2.27. The van der Waals surface area contributed by atoms with Crippen LogP contribution < -0.4 is 5.32 Å². The lowest BCUT2D eigenvalue weighted by molar-refractivity contribution is 0.0713. The second-order valence-corrected chi connectivity index (χ2v) is 9.29. The molecule has 0 aliphatic carbocycles. The van der Waals surface area contributed by atoms with Crippen LogP contribution in [0.5, 0.6) is 0 Å². The zero-order valence-corrected chi connectivity index (χ0v) is 18.1. The van der Waals surface area contributed by atoms with Gasteiger partial charge in [-0.1, -0.05) is 6.07 Å². The lowest BCUT2D eigenvalue weighted by atomic mass is 9.97. The van der Waals surface area contributed by atoms with Crippen molar-refractivity contribution in [3.8, 4) is 0 Å². The molecule has 0 radical (unpaired) electrons. The second-order valence-electron chi connectivity index (χ2n) is 7.37. The number of hydrogen-bond donors (Lipinski definition) is 1. The molecule has 8 nitrogen and oxygen atoms in total. The van der Waals surface area contributed by atoms with Crippen molar-refractivity contribution in [3.63, 3.8) is 0 Å². The fourth-order valence-corrected chi connectivity index (χ4v) is 5.29. The SMILES string of the molecule is O=C(NCc1cccs1)c1csc(C2CCN(C(=O)c3ccc4nonc4c3)CC2)n1. The van der Waals surface area contributed by atoms with E-state index in [1.165, 1.54) is 11.3 Å². The van der Waals surface area contributed by atoms with Gasteiger partial charge >= 0.3 is 0 Å². The smallest absolute Gasteiger partial charge is 0.271 e. The molecule has 1 aliphatic rings. The minimum absolute atomic E-state index is 0.0175. The molecule has 158 valence electrons. The van der Waals surface area contributed by atoms with Crippen LogP contribution in [0.2, 0.25) is 0 Å². The predicted octanol–water partition coefficient (Wildman–Crippen LogP) is 3.69. The fraction of sp³-hybridized carbons (Fsp3) is 0.286. The molecule has 3 aromatic heterocycles. The van der Waals surface area contributed by atoms with Gasteiger partial charge in [0.2, 0.25) is 0 Å². The van der Waals surface area contributed by atoms with E-state index in [9.17, 15) is 9.59 Å². The van der Waals surface area contributed by atoms with E-state index in [0.717, 1.165) is 22.7 Å². The standard InChI is InChI=1S/C21H19N5O3S2/c27-19(22-11-15-2-1-9-30-15)18-12-31-20(23-18)13-5-7-26(8-6-13)21(28)14-3-4-16-17(10-14)25-29-24-16/h1-4,9-10,12-13H,5-8,11H2,(H,22,27). The van der Waals surface area contributed by atoms with Crippen molar-refractivity contribution >= 4 is 45.5 Å². The third-order valence-corrected chi connectivity index (χ3v) is 7.27. The largest absolute Gasteiger partial charge is 0.346 e. The van der Waals surface area contributed by atoms with Crippen LogP contribution in [0.15, 0.2) is 45.7 Å². The summed E-state index contributed by atoms with van der Waals surface area (Å²) in [5.74, 6) is 0.0903. The lowest BCUT2D eigenvalue weighted by Crippen LogP contribution is -2.37. The fourth-order valence-electron chi connectivity index (χ4n) is 3.68. The second kappa shape index (κ2) is 8.56. The zero-order valence-electron chi connectivity index (χ0n) is 16.5. The number of fused-ring (bicyclic) bond motifs is 1. The first-order chi connectivity index (χ1) is 15.2. The Bertz CT molecular complexity index is 1210. The molecule has 1 saturated heterocycles. The van der Waals surface area contributed by atoms with Gasteiger partial charge in [0.1, 0.15) is 16.7 Å². The van der Waals surface area contributed by atoms with Crippen molar-refractivity contribution in [3.05, 3.63) is 62.2 Å². The Labute approximate surface area is 185 Å². The van der Waals surface area contributed by atoms with Crippen molar-refractivity contribution in [1.82, 2.24) is 25.5 Å². The van der Waals surface area contributed by atoms with Crippen LogP contribution >= 0.6 is 22.7 Å². The molecule has 1 N–H and O–H groups in total. The van der Waals surface area contributed by atoms with Crippen LogP contribution in [0.25, 0.3) is 11.0 Å². The Kier molecular flexibility index (Phi) is 5.47. The van der Waals surface area contributed by atoms with Gasteiger partial charge in [-0.3, -0.25) is 9.59 Å². The molecule has 31 heavy (non-hydrogen) atoms. The third kappa shape index (κ3) is 4.21. The first-order valence-electron chi connectivity index (χ1n) is 9.95. The summed E-state index contributed by atoms with van der Waals surface area (Å²) in [6, 6.07) is 9.17. The number of rotatable bonds is 5. The summed E-state index contributed by atoms with van der Waals surface area (Å²) in [4.78, 5) is 32.8. The molecule has 0 saturated carbocycles. The van der Waals surface area contributed by atoms with E-state index >= 15 is 0 Å². The van der Waals surface area contributed by atoms with Crippen LogP contribution in [0, 0.1) is 0 Å². The lowest BCUT2D eigenvalue weighted by Gasteiger charge is -2.31. The molecule has 4 aromatic rings. The van der Waals surface area contributed by atoms with Gasteiger partial charge in [0.25, 0.3) is 11.8 Å². The van der Waals surface area contributed by atoms with Crippen LogP contribution in [0.1, 0.15) is 49.5 Å². The topological polar surface area (TPSA) is 101 Å². The molecular weight excluding hydrogens is 434 g/mol. The molecule has 0 atom stereocenters. The number of amides is 2. The molecular formula is C21H19N5O3S2. The van der Waals surface area contributed by atoms with Crippen molar-refractivity contribution in [2.24, 2.45) is 0 Å². The van der Waals surface area contributed by atoms with E-state index in [-0.39, 0.29) is 17.7 Å². The number of nitrogens with zero attached hydrogens (tertiary/aromatic N) is 4. The summed E-state index contributed by atoms with van der Waals surface area (Å²) >= 11 is 3.13. The zero-order chi connectivity index (χ0) is 21.2. The summed E-state index contributed by atoms with van der Waals surface area (Å²) in [6.45, 7) is 1.82. The molecule has 1 fully saturated rings. The molecule has 0 bridgehead atoms. The minimum Gasteiger partial charge on any atom is -0.346 e. The highest BCUT2D eigenvalue weighted by atomic mass is 32.1. The van der Waals surface area contributed by atoms with Crippen LogP contribution in [-0.4, -0.2) is 45.1 Å². The molecule has 1 aliphatic heterocycles. The Balaban J connectivity index is 1.17. The number of likely N-dealkylation sites (tertiary alicyclic amines) is 1. The van der Waals surface area contributed by atoms with Crippen molar-refractivity contribution < 1.29 is 14.2 Å². The van der Waals surface area contributed by atoms with Gasteiger partial charge in [-0.2, -0.15) is 0 Å². The number of thiazole rings is 1. The van der Waals surface area contributed by atoms with E-state index in [2.05, 4.69) is 20.6 Å². The van der Waals surface area contributed by atoms with Crippen molar-refractivity contribution in [1.29, 1.82) is 0 Å². The van der Waals surface area contributed by atoms with Gasteiger partial charge < -0.3 is 10.2 Å². The number of piperidine rings is 1. The molecule has 10 heteroatoms. The first-order valence-corrected chi connectivity index (χ1v) is 11.7. The van der Waals surface area contributed by atoms with Gasteiger partial charge in [-0.25, -0.2) is 9.61 Å². The van der Waals surface area contributed by atoms with Crippen LogP contribution in [-0.2, 0) is 6.54 Å². The third-order valence-electron chi connectivity index (χ3n) is 5.39. The summed E-state index contributed by atoms with van der Waals surface area (Å²) in [7, 11) is 0. The normalized spacial score (nSPS) is 14.8. The summed E-state index contributed by atoms with van der Waals surface area (Å²) in [5, 5.41) is 15.3. The van der Waals surface area contributed by atoms with Crippen molar-refractivity contribution in [2.75, 3.05) is 13.1 Å². The van der Waals surface area contributed by atoms with E-state index in [4.69, 9.17) is 4.63 Å². The van der Waals surface area contributed by atoms with Crippen LogP contribution in [0.4, 0.5) is 0 Å². The van der Waals surface area contributed by atoms with E-state index in [1.807, 2.05) is 27.8 Å². The number of nitrogens with one attached hydrogen (secondary N) is 1. The number of carbonyl (C=O) groups excluding carboxylic acids is 2. The number of benzene rings is 1. The maximum Gasteiger partial charge on any atom is 0.271 e. The minimum atomic E-state index is -0.152. The average molecular weight is 454 g/mol. The van der Waals surface area contributed by atoms with Gasteiger partial charge in [-0.15, -0.1) is 22.7 Å². The van der Waals surface area contributed by atoms with E-state index < -0.39 is 0 Å². The molecule has 1 aromatic carbocycles. The molecule has 5 rings (SSSR count). The monoisotopic (exact) mass is 453 g/mol. The first kappa shape index (κ1) is 19.8. The highest BCUT2D eigenvalue weighted by Crippen LogP contribution is 2.31. The number of carbonyl (C=O) groups is 2. The predicted molar refractivity (Wildman–Crippen MR) is 117 cm³/mol. The summed E-state index contributed by atoms with van der Waals surface area (Å²) in [5.41, 5.74) is 2.26. The molecule has 2 amide bonds. The van der Waals surface area contributed by atoms with Crippen molar-refractivity contribution in [2.45, 2.75) is 25.3 Å². The summed E-state index contributed by atoms with van der Waals surface area (Å²) in [6.07, 6.45) is 1.65. The maximum atomic E-state index is 12.9. The van der Waals surface area contributed by atoms with Gasteiger partial charge in [-0.05, 0) is 52.8 Å². The molecule has 0 spiro atoms. The maximum absolute atomic E-state index is 12.9. The Hall–Kier alpha value is -3.11. The Morgan fingerprint density at radius 3 is 2.77 bits per heavy atom. The van der Waals surface area contributed by atoms with Crippen LogP contribution in [0.3, 0.4) is 0 Å². The number of aromatic nitrogens is 3.